The number of carboxylic acid groups (broad SMARTS) is 1. The smallest absolute Gasteiger partial charge is 0.303 e. The predicted octanol–water partition coefficient (Wildman–Crippen LogP) is 1.86. The monoisotopic (exact) mass is 199 g/mol. The normalized spacial score (nSPS) is 21.3. The van der Waals surface area contributed by atoms with E-state index in [0.29, 0.717) is 12.5 Å². The Bertz CT molecular complexity index is 190. The van der Waals surface area contributed by atoms with Crippen LogP contribution in [0.15, 0.2) is 0 Å². The van der Waals surface area contributed by atoms with Crippen molar-refractivity contribution < 1.29 is 9.90 Å². The first-order chi connectivity index (χ1) is 6.63. The van der Waals surface area contributed by atoms with E-state index >= 15 is 0 Å². The topological polar surface area (TPSA) is 63.3 Å². The van der Waals surface area contributed by atoms with Gasteiger partial charge in [0.15, 0.2) is 0 Å². The summed E-state index contributed by atoms with van der Waals surface area (Å²) < 4.78 is 0. The van der Waals surface area contributed by atoms with E-state index in [2.05, 4.69) is 6.92 Å². The van der Waals surface area contributed by atoms with E-state index < -0.39 is 5.97 Å². The zero-order chi connectivity index (χ0) is 10.6. The Balaban J connectivity index is 2.27. The summed E-state index contributed by atoms with van der Waals surface area (Å²) in [5.41, 5.74) is 5.57. The number of hydrogen-bond acceptors (Lipinski definition) is 2. The van der Waals surface area contributed by atoms with Gasteiger partial charge in [0.05, 0.1) is 0 Å². The molecule has 3 nitrogen and oxygen atoms in total. The molecular formula is C11H21NO2. The van der Waals surface area contributed by atoms with E-state index in [4.69, 9.17) is 10.8 Å². The van der Waals surface area contributed by atoms with Crippen LogP contribution in [0.2, 0.25) is 0 Å². The molecule has 0 aromatic heterocycles. The number of rotatable bonds is 6. The van der Waals surface area contributed by atoms with E-state index in [-0.39, 0.29) is 12.3 Å². The minimum absolute atomic E-state index is 0.170. The Morgan fingerprint density at radius 1 is 1.57 bits per heavy atom. The molecule has 14 heavy (non-hydrogen) atoms. The molecule has 82 valence electrons. The van der Waals surface area contributed by atoms with Gasteiger partial charge in [-0.05, 0) is 30.7 Å². The third kappa shape index (κ3) is 3.29. The number of nitrogens with two attached hydrogens (primary N) is 1. The maximum Gasteiger partial charge on any atom is 0.303 e. The van der Waals surface area contributed by atoms with Gasteiger partial charge in [0.25, 0.3) is 0 Å². The molecule has 1 aliphatic rings. The molecule has 1 fully saturated rings. The van der Waals surface area contributed by atoms with Gasteiger partial charge >= 0.3 is 5.97 Å². The number of aliphatic carboxylic acids is 1. The summed E-state index contributed by atoms with van der Waals surface area (Å²) in [5.74, 6) is 0.929. The molecule has 3 heteroatoms. The van der Waals surface area contributed by atoms with Crippen LogP contribution in [0, 0.1) is 17.8 Å². The zero-order valence-corrected chi connectivity index (χ0v) is 8.91. The van der Waals surface area contributed by atoms with E-state index in [9.17, 15) is 4.79 Å². The molecule has 0 radical (unpaired) electrons. The van der Waals surface area contributed by atoms with Crippen LogP contribution in [-0.4, -0.2) is 17.6 Å². The zero-order valence-electron chi connectivity index (χ0n) is 8.91. The Morgan fingerprint density at radius 2 is 2.21 bits per heavy atom. The van der Waals surface area contributed by atoms with Crippen LogP contribution in [0.1, 0.15) is 39.0 Å². The summed E-state index contributed by atoms with van der Waals surface area (Å²) in [6.45, 7) is 2.73. The van der Waals surface area contributed by atoms with Gasteiger partial charge in [0.1, 0.15) is 0 Å². The second kappa shape index (κ2) is 5.35. The van der Waals surface area contributed by atoms with Crippen LogP contribution in [-0.2, 0) is 4.79 Å². The molecule has 0 amide bonds. The molecule has 1 saturated carbocycles. The van der Waals surface area contributed by atoms with E-state index in [1.165, 1.54) is 19.3 Å². The number of carboxylic acids is 1. The Morgan fingerprint density at radius 3 is 2.57 bits per heavy atom. The maximum atomic E-state index is 10.5. The van der Waals surface area contributed by atoms with Crippen molar-refractivity contribution in [1.82, 2.24) is 0 Å². The molecule has 1 rings (SSSR count). The maximum absolute atomic E-state index is 10.5. The van der Waals surface area contributed by atoms with Crippen LogP contribution >= 0.6 is 0 Å². The lowest BCUT2D eigenvalue weighted by molar-refractivity contribution is -0.138. The lowest BCUT2D eigenvalue weighted by Crippen LogP contribution is -2.26. The highest BCUT2D eigenvalue weighted by molar-refractivity contribution is 5.67. The quantitative estimate of drug-likeness (QED) is 0.686. The van der Waals surface area contributed by atoms with Crippen LogP contribution < -0.4 is 5.73 Å². The largest absolute Gasteiger partial charge is 0.481 e. The molecule has 3 N–H and O–H groups in total. The SMILES string of the molecule is CC(C[C@H](CN)CC(=O)O)C1CCC1. The van der Waals surface area contributed by atoms with Gasteiger partial charge < -0.3 is 10.8 Å². The van der Waals surface area contributed by atoms with Gasteiger partial charge in [-0.1, -0.05) is 26.2 Å². The molecule has 2 atom stereocenters. The summed E-state index contributed by atoms with van der Waals surface area (Å²) in [4.78, 5) is 10.5. The highest BCUT2D eigenvalue weighted by Gasteiger charge is 2.26. The second-order valence-corrected chi connectivity index (χ2v) is 4.60. The third-order valence-corrected chi connectivity index (χ3v) is 3.46. The third-order valence-electron chi connectivity index (χ3n) is 3.46. The van der Waals surface area contributed by atoms with Crippen LogP contribution in [0.3, 0.4) is 0 Å². The Hall–Kier alpha value is -0.570. The number of carbonyl (C=O) groups is 1. The molecule has 0 aromatic carbocycles. The molecule has 0 bridgehead atoms. The minimum atomic E-state index is -0.721. The number of hydrogen-bond donors (Lipinski definition) is 2. The Kier molecular flexibility index (Phi) is 4.39. The highest BCUT2D eigenvalue weighted by atomic mass is 16.4. The van der Waals surface area contributed by atoms with Gasteiger partial charge in [-0.3, -0.25) is 4.79 Å². The summed E-state index contributed by atoms with van der Waals surface area (Å²) in [7, 11) is 0. The van der Waals surface area contributed by atoms with Crippen molar-refractivity contribution in [2.75, 3.05) is 6.54 Å². The van der Waals surface area contributed by atoms with Crippen molar-refractivity contribution in [3.05, 3.63) is 0 Å². The average molecular weight is 199 g/mol. The standard InChI is InChI=1S/C11H21NO2/c1-8(10-3-2-4-10)5-9(7-12)6-11(13)14/h8-10H,2-7,12H2,1H3,(H,13,14)/t8?,9-/m0/s1. The first-order valence-corrected chi connectivity index (χ1v) is 5.55. The summed E-state index contributed by atoms with van der Waals surface area (Å²) in [5, 5.41) is 8.68. The van der Waals surface area contributed by atoms with Gasteiger partial charge in [-0.15, -0.1) is 0 Å². The van der Waals surface area contributed by atoms with Gasteiger partial charge in [-0.2, -0.15) is 0 Å². The second-order valence-electron chi connectivity index (χ2n) is 4.60. The van der Waals surface area contributed by atoms with Crippen molar-refractivity contribution in [3.8, 4) is 0 Å². The molecule has 1 aliphatic carbocycles. The van der Waals surface area contributed by atoms with E-state index in [1.54, 1.807) is 0 Å². The van der Waals surface area contributed by atoms with Crippen molar-refractivity contribution in [2.45, 2.75) is 39.0 Å². The summed E-state index contributed by atoms with van der Waals surface area (Å²) >= 11 is 0. The van der Waals surface area contributed by atoms with E-state index in [1.807, 2.05) is 0 Å². The van der Waals surface area contributed by atoms with Gasteiger partial charge in [0, 0.05) is 6.42 Å². The fourth-order valence-corrected chi connectivity index (χ4v) is 2.24. The minimum Gasteiger partial charge on any atom is -0.481 e. The van der Waals surface area contributed by atoms with Crippen LogP contribution in [0.5, 0.6) is 0 Å². The van der Waals surface area contributed by atoms with Crippen molar-refractivity contribution in [1.29, 1.82) is 0 Å². The fraction of sp³-hybridized carbons (Fsp3) is 0.909. The van der Waals surface area contributed by atoms with E-state index in [0.717, 1.165) is 12.3 Å². The first-order valence-electron chi connectivity index (χ1n) is 5.55. The summed E-state index contributed by atoms with van der Waals surface area (Å²) in [6.07, 6.45) is 5.21. The Labute approximate surface area is 85.7 Å². The average Bonchev–Trinajstić information content (AvgIpc) is 1.98. The first kappa shape index (κ1) is 11.5. The van der Waals surface area contributed by atoms with Crippen LogP contribution in [0.4, 0.5) is 0 Å². The van der Waals surface area contributed by atoms with Crippen LogP contribution in [0.25, 0.3) is 0 Å². The molecular weight excluding hydrogens is 178 g/mol. The van der Waals surface area contributed by atoms with Gasteiger partial charge in [-0.25, -0.2) is 0 Å². The molecule has 1 unspecified atom stereocenters. The van der Waals surface area contributed by atoms with Crippen molar-refractivity contribution in [3.63, 3.8) is 0 Å². The lowest BCUT2D eigenvalue weighted by Gasteiger charge is -2.33. The molecule has 0 aliphatic heterocycles. The molecule has 0 saturated heterocycles. The fourth-order valence-electron chi connectivity index (χ4n) is 2.24. The van der Waals surface area contributed by atoms with Crippen molar-refractivity contribution >= 4 is 5.97 Å². The molecule has 0 aromatic rings. The molecule has 0 heterocycles. The lowest BCUT2D eigenvalue weighted by atomic mass is 9.73. The molecule has 0 spiro atoms. The highest BCUT2D eigenvalue weighted by Crippen LogP contribution is 2.36. The van der Waals surface area contributed by atoms with Crippen molar-refractivity contribution in [2.24, 2.45) is 23.5 Å². The van der Waals surface area contributed by atoms with Gasteiger partial charge in [0.2, 0.25) is 0 Å². The summed E-state index contributed by atoms with van der Waals surface area (Å²) in [6, 6.07) is 0. The predicted molar refractivity (Wildman–Crippen MR) is 55.9 cm³/mol.